The highest BCUT2D eigenvalue weighted by Gasteiger charge is 2.33. The van der Waals surface area contributed by atoms with Crippen LogP contribution in [0.5, 0.6) is 0 Å². The predicted molar refractivity (Wildman–Crippen MR) is 83.4 cm³/mol. The summed E-state index contributed by atoms with van der Waals surface area (Å²) in [5.41, 5.74) is 0. The molecule has 3 heteroatoms. The first-order valence-corrected chi connectivity index (χ1v) is 8.63. The fourth-order valence-electron chi connectivity index (χ4n) is 3.21. The minimum absolute atomic E-state index is 0.665. The molecule has 0 bridgehead atoms. The molecule has 19 heavy (non-hydrogen) atoms. The molecule has 108 valence electrons. The summed E-state index contributed by atoms with van der Waals surface area (Å²) in [6, 6.07) is 4.73. The summed E-state index contributed by atoms with van der Waals surface area (Å²) in [4.78, 5) is 0. The first kappa shape index (κ1) is 15.0. The molecule has 0 amide bonds. The van der Waals surface area contributed by atoms with Crippen molar-refractivity contribution in [2.45, 2.75) is 57.1 Å². The Morgan fingerprint density at radius 3 is 2.89 bits per heavy atom. The number of hydrogen-bond donors (Lipinski definition) is 1. The zero-order valence-corrected chi connectivity index (χ0v) is 13.2. The molecule has 0 aromatic carbocycles. The zero-order valence-electron chi connectivity index (χ0n) is 12.4. The van der Waals surface area contributed by atoms with Gasteiger partial charge in [-0.15, -0.1) is 11.8 Å². The third kappa shape index (κ3) is 4.28. The average molecular weight is 281 g/mol. The van der Waals surface area contributed by atoms with E-state index in [0.29, 0.717) is 11.3 Å². The molecule has 1 aromatic rings. The number of rotatable bonds is 6. The summed E-state index contributed by atoms with van der Waals surface area (Å²) in [7, 11) is 0. The molecular weight excluding hydrogens is 254 g/mol. The smallest absolute Gasteiger partial charge is 0.113 e. The monoisotopic (exact) mass is 281 g/mol. The van der Waals surface area contributed by atoms with Crippen LogP contribution in [0, 0.1) is 11.8 Å². The van der Waals surface area contributed by atoms with Crippen molar-refractivity contribution >= 4 is 11.8 Å². The van der Waals surface area contributed by atoms with Crippen molar-refractivity contribution in [2.75, 3.05) is 6.54 Å². The predicted octanol–water partition coefficient (Wildman–Crippen LogP) is 4.32. The summed E-state index contributed by atoms with van der Waals surface area (Å²) in [6.07, 6.45) is 5.67. The van der Waals surface area contributed by atoms with Gasteiger partial charge < -0.3 is 9.73 Å². The number of nitrogens with one attached hydrogen (secondary N) is 1. The summed E-state index contributed by atoms with van der Waals surface area (Å²) in [5, 5.41) is 4.48. The van der Waals surface area contributed by atoms with Gasteiger partial charge in [-0.2, -0.15) is 0 Å². The lowest BCUT2D eigenvalue weighted by molar-refractivity contribution is 0.249. The van der Waals surface area contributed by atoms with E-state index < -0.39 is 0 Å². The Hall–Kier alpha value is -0.410. The van der Waals surface area contributed by atoms with Gasteiger partial charge in [0.1, 0.15) is 5.76 Å². The van der Waals surface area contributed by atoms with Crippen molar-refractivity contribution in [1.29, 1.82) is 0 Å². The van der Waals surface area contributed by atoms with Crippen LogP contribution in [0.25, 0.3) is 0 Å². The van der Waals surface area contributed by atoms with Crippen molar-refractivity contribution in [3.63, 3.8) is 0 Å². The largest absolute Gasteiger partial charge is 0.468 e. The van der Waals surface area contributed by atoms with Gasteiger partial charge in [0, 0.05) is 11.3 Å². The summed E-state index contributed by atoms with van der Waals surface area (Å²) < 4.78 is 5.46. The number of furan rings is 1. The Balaban J connectivity index is 1.92. The Bertz CT molecular complexity index is 352. The molecular formula is C16H27NOS. The van der Waals surface area contributed by atoms with E-state index in [1.165, 1.54) is 19.3 Å². The topological polar surface area (TPSA) is 25.2 Å². The SMILES string of the molecule is CCCNC1CC(C)CC(C)C1SCc1ccco1. The molecule has 0 spiro atoms. The van der Waals surface area contributed by atoms with Crippen LogP contribution in [-0.2, 0) is 5.75 Å². The van der Waals surface area contributed by atoms with Crippen molar-refractivity contribution in [1.82, 2.24) is 5.32 Å². The van der Waals surface area contributed by atoms with Crippen LogP contribution in [0.1, 0.15) is 45.8 Å². The summed E-state index contributed by atoms with van der Waals surface area (Å²) in [6.45, 7) is 8.19. The molecule has 1 N–H and O–H groups in total. The second kappa shape index (κ2) is 7.39. The quantitative estimate of drug-likeness (QED) is 0.841. The van der Waals surface area contributed by atoms with Gasteiger partial charge in [0.2, 0.25) is 0 Å². The Labute approximate surface area is 121 Å². The van der Waals surface area contributed by atoms with E-state index in [1.807, 2.05) is 6.07 Å². The van der Waals surface area contributed by atoms with Gasteiger partial charge in [-0.25, -0.2) is 0 Å². The molecule has 0 saturated heterocycles. The van der Waals surface area contributed by atoms with Crippen molar-refractivity contribution < 1.29 is 4.42 Å². The van der Waals surface area contributed by atoms with Gasteiger partial charge in [-0.1, -0.05) is 20.8 Å². The van der Waals surface area contributed by atoms with E-state index in [0.717, 1.165) is 29.9 Å². The maximum absolute atomic E-state index is 5.46. The molecule has 1 aliphatic carbocycles. The fourth-order valence-corrected chi connectivity index (χ4v) is 4.61. The van der Waals surface area contributed by atoms with Crippen molar-refractivity contribution in [3.8, 4) is 0 Å². The third-order valence-corrected chi connectivity index (χ3v) is 5.67. The van der Waals surface area contributed by atoms with Crippen LogP contribution in [0.4, 0.5) is 0 Å². The molecule has 2 nitrogen and oxygen atoms in total. The van der Waals surface area contributed by atoms with Gasteiger partial charge in [0.15, 0.2) is 0 Å². The first-order chi connectivity index (χ1) is 9.20. The number of hydrogen-bond acceptors (Lipinski definition) is 3. The van der Waals surface area contributed by atoms with Crippen LogP contribution >= 0.6 is 11.8 Å². The van der Waals surface area contributed by atoms with Crippen LogP contribution in [-0.4, -0.2) is 17.8 Å². The van der Waals surface area contributed by atoms with Crippen LogP contribution < -0.4 is 5.32 Å². The lowest BCUT2D eigenvalue weighted by Crippen LogP contribution is -2.46. The average Bonchev–Trinajstić information content (AvgIpc) is 2.88. The zero-order chi connectivity index (χ0) is 13.7. The standard InChI is InChI=1S/C16H27NOS/c1-4-7-17-15-10-12(2)9-13(3)16(15)19-11-14-6-5-8-18-14/h5-6,8,12-13,15-17H,4,7,9-11H2,1-3H3. The van der Waals surface area contributed by atoms with E-state index in [4.69, 9.17) is 4.42 Å². The highest BCUT2D eigenvalue weighted by atomic mass is 32.2. The Morgan fingerprint density at radius 2 is 2.21 bits per heavy atom. The second-order valence-corrected chi connectivity index (χ2v) is 7.14. The molecule has 0 aliphatic heterocycles. The lowest BCUT2D eigenvalue weighted by Gasteiger charge is -2.39. The fraction of sp³-hybridized carbons (Fsp3) is 0.750. The Morgan fingerprint density at radius 1 is 1.37 bits per heavy atom. The minimum Gasteiger partial charge on any atom is -0.468 e. The van der Waals surface area contributed by atoms with E-state index in [2.05, 4.69) is 43.9 Å². The van der Waals surface area contributed by atoms with Crippen LogP contribution in [0.2, 0.25) is 0 Å². The molecule has 2 rings (SSSR count). The lowest BCUT2D eigenvalue weighted by atomic mass is 9.80. The molecule has 1 fully saturated rings. The summed E-state index contributed by atoms with van der Waals surface area (Å²) >= 11 is 2.07. The molecule has 4 atom stereocenters. The van der Waals surface area contributed by atoms with Crippen LogP contribution in [0.15, 0.2) is 22.8 Å². The van der Waals surface area contributed by atoms with Gasteiger partial charge >= 0.3 is 0 Å². The van der Waals surface area contributed by atoms with E-state index in [1.54, 1.807) is 6.26 Å². The minimum atomic E-state index is 0.665. The maximum atomic E-state index is 5.46. The first-order valence-electron chi connectivity index (χ1n) is 7.58. The van der Waals surface area contributed by atoms with Crippen LogP contribution in [0.3, 0.4) is 0 Å². The highest BCUT2D eigenvalue weighted by molar-refractivity contribution is 7.99. The molecule has 0 radical (unpaired) electrons. The van der Waals surface area contributed by atoms with E-state index in [9.17, 15) is 0 Å². The molecule has 1 aliphatic rings. The van der Waals surface area contributed by atoms with Gasteiger partial charge in [-0.3, -0.25) is 0 Å². The highest BCUT2D eigenvalue weighted by Crippen LogP contribution is 2.37. The molecule has 4 unspecified atom stereocenters. The molecule has 1 heterocycles. The number of thioether (sulfide) groups is 1. The van der Waals surface area contributed by atoms with Crippen molar-refractivity contribution in [3.05, 3.63) is 24.2 Å². The molecule has 1 aromatic heterocycles. The van der Waals surface area contributed by atoms with Crippen molar-refractivity contribution in [2.24, 2.45) is 11.8 Å². The van der Waals surface area contributed by atoms with E-state index in [-0.39, 0.29) is 0 Å². The Kier molecular flexibility index (Phi) is 5.83. The van der Waals surface area contributed by atoms with Gasteiger partial charge in [0.05, 0.1) is 12.0 Å². The maximum Gasteiger partial charge on any atom is 0.113 e. The molecule has 1 saturated carbocycles. The summed E-state index contributed by atoms with van der Waals surface area (Å²) in [5.74, 6) is 3.74. The van der Waals surface area contributed by atoms with Gasteiger partial charge in [0.25, 0.3) is 0 Å². The second-order valence-electron chi connectivity index (χ2n) is 5.97. The normalized spacial score (nSPS) is 31.5. The third-order valence-electron chi connectivity index (χ3n) is 4.04. The van der Waals surface area contributed by atoms with E-state index >= 15 is 0 Å². The van der Waals surface area contributed by atoms with Gasteiger partial charge in [-0.05, 0) is 49.8 Å².